The molecule has 188 valence electrons. The summed E-state index contributed by atoms with van der Waals surface area (Å²) in [5.74, 6) is 1.27. The highest BCUT2D eigenvalue weighted by molar-refractivity contribution is 5.96. The molecule has 0 unspecified atom stereocenters. The number of nitrogens with zero attached hydrogens (tertiary/aromatic N) is 4. The third kappa shape index (κ3) is 4.90. The molecule has 2 saturated carbocycles. The molecule has 0 spiro atoms. The maximum Gasteiger partial charge on any atom is 0.411 e. The SMILES string of the molecule is C[C@@H](OC(=O)Nc1ccc(-c2c(C#N)c3ccc(OCCn4ccnc4)cc3n2C2CC2)cc1)C1CC1. The number of amides is 1. The average molecular weight is 496 g/mol. The third-order valence-electron chi connectivity index (χ3n) is 7.16. The Morgan fingerprint density at radius 2 is 2.00 bits per heavy atom. The molecule has 8 heteroatoms. The molecule has 2 aromatic carbocycles. The Labute approximate surface area is 215 Å². The lowest BCUT2D eigenvalue weighted by Gasteiger charge is -2.14. The van der Waals surface area contributed by atoms with Gasteiger partial charge in [0.25, 0.3) is 0 Å². The molecule has 0 radical (unpaired) electrons. The summed E-state index contributed by atoms with van der Waals surface area (Å²) in [6, 6.07) is 16.4. The number of fused-ring (bicyclic) bond motifs is 1. The molecule has 0 saturated heterocycles. The largest absolute Gasteiger partial charge is 0.492 e. The molecule has 2 heterocycles. The molecule has 2 fully saturated rings. The van der Waals surface area contributed by atoms with Crippen molar-refractivity contribution in [3.8, 4) is 23.1 Å². The topological polar surface area (TPSA) is 94.1 Å². The Hall–Kier alpha value is -4.25. The molecule has 37 heavy (non-hydrogen) atoms. The molecule has 2 aliphatic carbocycles. The van der Waals surface area contributed by atoms with E-state index in [9.17, 15) is 10.1 Å². The zero-order valence-electron chi connectivity index (χ0n) is 20.8. The Balaban J connectivity index is 1.25. The number of anilines is 1. The van der Waals surface area contributed by atoms with Gasteiger partial charge in [0.15, 0.2) is 0 Å². The molecule has 0 aliphatic heterocycles. The van der Waals surface area contributed by atoms with E-state index in [1.807, 2.05) is 60.2 Å². The van der Waals surface area contributed by atoms with E-state index in [4.69, 9.17) is 9.47 Å². The molecular weight excluding hydrogens is 466 g/mol. The smallest absolute Gasteiger partial charge is 0.411 e. The maximum absolute atomic E-state index is 12.3. The molecule has 4 aromatic rings. The molecule has 1 N–H and O–H groups in total. The summed E-state index contributed by atoms with van der Waals surface area (Å²) in [6.45, 7) is 3.18. The van der Waals surface area contributed by atoms with Crippen molar-refractivity contribution in [2.24, 2.45) is 5.92 Å². The number of aromatic nitrogens is 3. The second-order valence-corrected chi connectivity index (χ2v) is 9.91. The van der Waals surface area contributed by atoms with Crippen LogP contribution in [-0.2, 0) is 11.3 Å². The first-order valence-corrected chi connectivity index (χ1v) is 12.9. The van der Waals surface area contributed by atoms with Gasteiger partial charge in [-0.3, -0.25) is 5.32 Å². The van der Waals surface area contributed by atoms with Crippen LogP contribution in [0.5, 0.6) is 5.75 Å². The van der Waals surface area contributed by atoms with Crippen molar-refractivity contribution in [1.82, 2.24) is 14.1 Å². The fraction of sp³-hybridized carbons (Fsp3) is 0.345. The first kappa shape index (κ1) is 23.2. The molecular formula is C29H29N5O3. The van der Waals surface area contributed by atoms with Gasteiger partial charge in [-0.25, -0.2) is 9.78 Å². The second-order valence-electron chi connectivity index (χ2n) is 9.91. The highest BCUT2D eigenvalue weighted by Gasteiger charge is 2.32. The number of hydrogen-bond acceptors (Lipinski definition) is 5. The van der Waals surface area contributed by atoms with Crippen LogP contribution in [0.15, 0.2) is 61.2 Å². The van der Waals surface area contributed by atoms with Crippen LogP contribution in [-0.4, -0.2) is 32.9 Å². The van der Waals surface area contributed by atoms with Crippen LogP contribution < -0.4 is 10.1 Å². The third-order valence-corrected chi connectivity index (χ3v) is 7.16. The second kappa shape index (κ2) is 9.66. The predicted molar refractivity (Wildman–Crippen MR) is 140 cm³/mol. The fourth-order valence-corrected chi connectivity index (χ4v) is 4.87. The van der Waals surface area contributed by atoms with Crippen molar-refractivity contribution >= 4 is 22.7 Å². The van der Waals surface area contributed by atoms with Crippen molar-refractivity contribution in [2.45, 2.75) is 51.3 Å². The van der Waals surface area contributed by atoms with Crippen LogP contribution >= 0.6 is 0 Å². The highest BCUT2D eigenvalue weighted by Crippen LogP contribution is 2.45. The number of carbonyl (C=O) groups is 1. The summed E-state index contributed by atoms with van der Waals surface area (Å²) < 4.78 is 15.8. The minimum Gasteiger partial charge on any atom is -0.492 e. The monoisotopic (exact) mass is 495 g/mol. The molecule has 1 atom stereocenters. The Kier molecular flexibility index (Phi) is 6.05. The van der Waals surface area contributed by atoms with Crippen molar-refractivity contribution in [3.05, 3.63) is 66.7 Å². The minimum absolute atomic E-state index is 0.0634. The zero-order chi connectivity index (χ0) is 25.4. The number of hydrogen-bond donors (Lipinski definition) is 1. The minimum atomic E-state index is -0.433. The van der Waals surface area contributed by atoms with E-state index in [-0.39, 0.29) is 6.10 Å². The van der Waals surface area contributed by atoms with Gasteiger partial charge >= 0.3 is 6.09 Å². The van der Waals surface area contributed by atoms with Gasteiger partial charge in [-0.05, 0) is 68.4 Å². The van der Waals surface area contributed by atoms with Gasteiger partial charge in [-0.2, -0.15) is 5.26 Å². The van der Waals surface area contributed by atoms with Crippen molar-refractivity contribution < 1.29 is 14.3 Å². The van der Waals surface area contributed by atoms with Crippen LogP contribution in [0.1, 0.15) is 44.2 Å². The van der Waals surface area contributed by atoms with E-state index in [1.165, 1.54) is 0 Å². The number of imidazole rings is 1. The summed E-state index contributed by atoms with van der Waals surface area (Å²) in [6.07, 6.45) is 9.35. The number of benzene rings is 2. The van der Waals surface area contributed by atoms with Gasteiger partial charge in [-0.1, -0.05) is 12.1 Å². The van der Waals surface area contributed by atoms with Crippen LogP contribution in [0, 0.1) is 17.2 Å². The van der Waals surface area contributed by atoms with E-state index in [1.54, 1.807) is 12.5 Å². The number of rotatable bonds is 9. The van der Waals surface area contributed by atoms with Gasteiger partial charge in [0.2, 0.25) is 0 Å². The lowest BCUT2D eigenvalue weighted by molar-refractivity contribution is 0.108. The van der Waals surface area contributed by atoms with E-state index in [0.29, 0.717) is 36.4 Å². The summed E-state index contributed by atoms with van der Waals surface area (Å²) >= 11 is 0. The lowest BCUT2D eigenvalue weighted by atomic mass is 10.1. The van der Waals surface area contributed by atoms with Gasteiger partial charge in [-0.15, -0.1) is 0 Å². The zero-order valence-corrected chi connectivity index (χ0v) is 20.8. The van der Waals surface area contributed by atoms with Gasteiger partial charge < -0.3 is 18.6 Å². The van der Waals surface area contributed by atoms with E-state index >= 15 is 0 Å². The lowest BCUT2D eigenvalue weighted by Crippen LogP contribution is -2.21. The Morgan fingerprint density at radius 3 is 2.68 bits per heavy atom. The number of ether oxygens (including phenoxy) is 2. The van der Waals surface area contributed by atoms with E-state index in [2.05, 4.69) is 20.9 Å². The van der Waals surface area contributed by atoms with E-state index < -0.39 is 6.09 Å². The predicted octanol–water partition coefficient (Wildman–Crippen LogP) is 6.14. The maximum atomic E-state index is 12.3. The Bertz CT molecular complexity index is 1460. The normalized spacial score (nSPS) is 15.8. The summed E-state index contributed by atoms with van der Waals surface area (Å²) in [5, 5.41) is 13.9. The summed E-state index contributed by atoms with van der Waals surface area (Å²) in [7, 11) is 0. The molecule has 6 rings (SSSR count). The van der Waals surface area contributed by atoms with E-state index in [0.717, 1.165) is 53.6 Å². The molecule has 1 amide bonds. The van der Waals surface area contributed by atoms with Crippen LogP contribution in [0.3, 0.4) is 0 Å². The van der Waals surface area contributed by atoms with Gasteiger partial charge in [0, 0.05) is 35.6 Å². The number of carbonyl (C=O) groups excluding carboxylic acids is 1. The first-order valence-electron chi connectivity index (χ1n) is 12.9. The van der Waals surface area contributed by atoms with Crippen molar-refractivity contribution in [1.29, 1.82) is 5.26 Å². The van der Waals surface area contributed by atoms with Crippen LogP contribution in [0.4, 0.5) is 10.5 Å². The number of nitrogens with one attached hydrogen (secondary N) is 1. The molecule has 8 nitrogen and oxygen atoms in total. The quantitative estimate of drug-likeness (QED) is 0.301. The standard InChI is InChI=1S/C29H29N5O3/c1-19(20-2-3-20)37-29(35)32-22-6-4-21(5-7-22)28-26(17-30)25-11-10-24(16-27(25)34(28)23-8-9-23)36-15-14-33-13-12-31-18-33/h4-7,10-13,16,18-20,23H,2-3,8-9,14-15H2,1H3,(H,32,35)/t19-/m1/s1. The van der Waals surface area contributed by atoms with Crippen LogP contribution in [0.2, 0.25) is 0 Å². The molecule has 2 aromatic heterocycles. The number of nitriles is 1. The average Bonchev–Trinajstić information content (AvgIpc) is 3.84. The van der Waals surface area contributed by atoms with Gasteiger partial charge in [0.05, 0.1) is 29.6 Å². The molecule has 2 aliphatic rings. The van der Waals surface area contributed by atoms with Crippen LogP contribution in [0.25, 0.3) is 22.2 Å². The first-order chi connectivity index (χ1) is 18.1. The summed E-state index contributed by atoms with van der Waals surface area (Å²) in [5.41, 5.74) is 4.18. The molecule has 0 bridgehead atoms. The van der Waals surface area contributed by atoms with Crippen molar-refractivity contribution in [2.75, 3.05) is 11.9 Å². The fourth-order valence-electron chi connectivity index (χ4n) is 4.87. The highest BCUT2D eigenvalue weighted by atomic mass is 16.6. The summed E-state index contributed by atoms with van der Waals surface area (Å²) in [4.78, 5) is 16.3. The van der Waals surface area contributed by atoms with Crippen molar-refractivity contribution in [3.63, 3.8) is 0 Å². The Morgan fingerprint density at radius 1 is 1.19 bits per heavy atom. The van der Waals surface area contributed by atoms with Gasteiger partial charge in [0.1, 0.15) is 24.5 Å².